The van der Waals surface area contributed by atoms with Crippen LogP contribution >= 0.6 is 0 Å². The molecular weight excluding hydrogens is 278 g/mol. The van der Waals surface area contributed by atoms with E-state index < -0.39 is 0 Å². The number of amides is 1. The summed E-state index contributed by atoms with van der Waals surface area (Å²) in [7, 11) is 0. The van der Waals surface area contributed by atoms with Crippen LogP contribution in [0.2, 0.25) is 0 Å². The van der Waals surface area contributed by atoms with E-state index in [1.807, 2.05) is 44.4 Å². The van der Waals surface area contributed by atoms with Gasteiger partial charge in [0, 0.05) is 24.7 Å². The zero-order valence-electron chi connectivity index (χ0n) is 13.6. The van der Waals surface area contributed by atoms with E-state index in [0.717, 1.165) is 17.1 Å². The van der Waals surface area contributed by atoms with Crippen molar-refractivity contribution in [1.29, 1.82) is 0 Å². The molecule has 5 heteroatoms. The summed E-state index contributed by atoms with van der Waals surface area (Å²) in [6.07, 6.45) is 3.36. The maximum Gasteiger partial charge on any atom is 0.244 e. The van der Waals surface area contributed by atoms with Gasteiger partial charge in [0.15, 0.2) is 0 Å². The monoisotopic (exact) mass is 301 g/mol. The van der Waals surface area contributed by atoms with Crippen LogP contribution in [0.25, 0.3) is 0 Å². The van der Waals surface area contributed by atoms with Crippen LogP contribution < -0.4 is 5.32 Å². The van der Waals surface area contributed by atoms with Crippen LogP contribution in [0.4, 0.5) is 5.69 Å². The normalized spacial score (nSPS) is 12.2. The van der Waals surface area contributed by atoms with Gasteiger partial charge in [0.05, 0.1) is 0 Å². The zero-order valence-corrected chi connectivity index (χ0v) is 13.6. The number of ether oxygens (including phenoxy) is 1. The van der Waals surface area contributed by atoms with Gasteiger partial charge in [0.25, 0.3) is 0 Å². The number of carbonyl (C=O) groups excluding carboxylic acids is 1. The van der Waals surface area contributed by atoms with E-state index in [9.17, 15) is 4.79 Å². The molecule has 1 N–H and O–H groups in total. The molecule has 2 aromatic rings. The maximum absolute atomic E-state index is 12.2. The maximum atomic E-state index is 12.2. The standard InChI is InChI=1S/C17H23N3O2/c1-5-22-14(4)17-18-8-9-20(17)11-16(21)19-15-7-6-12(2)10-13(15)3/h6-10,14H,5,11H2,1-4H3,(H,19,21)/t14-/m1/s1. The molecule has 0 unspecified atom stereocenters. The number of hydrogen-bond acceptors (Lipinski definition) is 3. The predicted octanol–water partition coefficient (Wildman–Crippen LogP) is 3.24. The fraction of sp³-hybridized carbons (Fsp3) is 0.412. The van der Waals surface area contributed by atoms with E-state index in [4.69, 9.17) is 4.74 Å². The van der Waals surface area contributed by atoms with Gasteiger partial charge in [-0.25, -0.2) is 4.98 Å². The molecule has 0 saturated heterocycles. The summed E-state index contributed by atoms with van der Waals surface area (Å²) < 4.78 is 7.36. The number of nitrogens with one attached hydrogen (secondary N) is 1. The largest absolute Gasteiger partial charge is 0.371 e. The van der Waals surface area contributed by atoms with E-state index in [1.54, 1.807) is 12.4 Å². The van der Waals surface area contributed by atoms with Crippen molar-refractivity contribution in [3.05, 3.63) is 47.5 Å². The highest BCUT2D eigenvalue weighted by atomic mass is 16.5. The van der Waals surface area contributed by atoms with Crippen LogP contribution in [0.5, 0.6) is 0 Å². The van der Waals surface area contributed by atoms with Crippen LogP contribution in [0, 0.1) is 13.8 Å². The number of aryl methyl sites for hydroxylation is 2. The Labute approximate surface area is 131 Å². The van der Waals surface area contributed by atoms with Crippen molar-refractivity contribution in [3.63, 3.8) is 0 Å². The summed E-state index contributed by atoms with van der Waals surface area (Å²) in [5.74, 6) is 0.688. The van der Waals surface area contributed by atoms with Crippen LogP contribution in [-0.2, 0) is 16.1 Å². The fourth-order valence-corrected chi connectivity index (χ4v) is 2.44. The van der Waals surface area contributed by atoms with E-state index in [1.165, 1.54) is 5.56 Å². The SMILES string of the molecule is CCO[C@H](C)c1nccn1CC(=O)Nc1ccc(C)cc1C. The van der Waals surface area contributed by atoms with E-state index in [2.05, 4.69) is 16.4 Å². The van der Waals surface area contributed by atoms with Gasteiger partial charge in [0.1, 0.15) is 18.5 Å². The molecule has 1 aromatic carbocycles. The fourth-order valence-electron chi connectivity index (χ4n) is 2.44. The lowest BCUT2D eigenvalue weighted by atomic mass is 10.1. The molecule has 0 aliphatic heterocycles. The summed E-state index contributed by atoms with van der Waals surface area (Å²) in [5.41, 5.74) is 3.08. The molecule has 22 heavy (non-hydrogen) atoms. The highest BCUT2D eigenvalue weighted by Crippen LogP contribution is 2.17. The average Bonchev–Trinajstić information content (AvgIpc) is 2.90. The van der Waals surface area contributed by atoms with Gasteiger partial charge < -0.3 is 14.6 Å². The van der Waals surface area contributed by atoms with Gasteiger partial charge in [-0.15, -0.1) is 0 Å². The molecule has 1 atom stereocenters. The summed E-state index contributed by atoms with van der Waals surface area (Å²) in [4.78, 5) is 16.5. The Morgan fingerprint density at radius 1 is 1.41 bits per heavy atom. The lowest BCUT2D eigenvalue weighted by molar-refractivity contribution is -0.116. The van der Waals surface area contributed by atoms with Crippen molar-refractivity contribution in [2.45, 2.75) is 40.3 Å². The zero-order chi connectivity index (χ0) is 16.1. The highest BCUT2D eigenvalue weighted by Gasteiger charge is 2.14. The second-order valence-corrected chi connectivity index (χ2v) is 5.38. The molecular formula is C17H23N3O2. The Bertz CT molecular complexity index is 649. The third-order valence-electron chi connectivity index (χ3n) is 3.50. The molecule has 0 aliphatic carbocycles. The number of nitrogens with zero attached hydrogens (tertiary/aromatic N) is 2. The van der Waals surface area contributed by atoms with Crippen molar-refractivity contribution in [1.82, 2.24) is 9.55 Å². The molecule has 1 heterocycles. The Morgan fingerprint density at radius 2 is 2.18 bits per heavy atom. The number of hydrogen-bond donors (Lipinski definition) is 1. The third-order valence-corrected chi connectivity index (χ3v) is 3.50. The summed E-state index contributed by atoms with van der Waals surface area (Å²) in [6, 6.07) is 5.97. The van der Waals surface area contributed by atoms with Gasteiger partial charge in [0.2, 0.25) is 5.91 Å². The minimum atomic E-state index is -0.131. The Hall–Kier alpha value is -2.14. The smallest absolute Gasteiger partial charge is 0.244 e. The molecule has 1 amide bonds. The van der Waals surface area contributed by atoms with Crippen LogP contribution in [-0.4, -0.2) is 22.1 Å². The highest BCUT2D eigenvalue weighted by molar-refractivity contribution is 5.91. The van der Waals surface area contributed by atoms with Crippen molar-refractivity contribution in [3.8, 4) is 0 Å². The van der Waals surface area contributed by atoms with Crippen molar-refractivity contribution >= 4 is 11.6 Å². The minimum Gasteiger partial charge on any atom is -0.371 e. The van der Waals surface area contributed by atoms with Crippen molar-refractivity contribution in [2.24, 2.45) is 0 Å². The van der Waals surface area contributed by atoms with Crippen molar-refractivity contribution in [2.75, 3.05) is 11.9 Å². The van der Waals surface area contributed by atoms with Crippen LogP contribution in [0.3, 0.4) is 0 Å². The van der Waals surface area contributed by atoms with Crippen LogP contribution in [0.1, 0.15) is 36.9 Å². The first kappa shape index (κ1) is 16.2. The first-order valence-corrected chi connectivity index (χ1v) is 7.51. The number of imidazole rings is 1. The lowest BCUT2D eigenvalue weighted by Crippen LogP contribution is -2.21. The molecule has 0 fully saturated rings. The molecule has 2 rings (SSSR count). The topological polar surface area (TPSA) is 56.2 Å². The number of carbonyl (C=O) groups is 1. The molecule has 0 spiro atoms. The number of anilines is 1. The van der Waals surface area contributed by atoms with Gasteiger partial charge in [-0.3, -0.25) is 4.79 Å². The average molecular weight is 301 g/mol. The van der Waals surface area contributed by atoms with Gasteiger partial charge in [-0.05, 0) is 39.3 Å². The number of benzene rings is 1. The first-order valence-electron chi connectivity index (χ1n) is 7.51. The summed E-state index contributed by atoms with van der Waals surface area (Å²) in [6.45, 7) is 8.73. The quantitative estimate of drug-likeness (QED) is 0.891. The number of aromatic nitrogens is 2. The molecule has 0 radical (unpaired) electrons. The second-order valence-electron chi connectivity index (χ2n) is 5.38. The third kappa shape index (κ3) is 3.95. The van der Waals surface area contributed by atoms with Crippen molar-refractivity contribution < 1.29 is 9.53 Å². The Balaban J connectivity index is 2.05. The molecule has 0 aliphatic rings. The van der Waals surface area contributed by atoms with Crippen LogP contribution in [0.15, 0.2) is 30.6 Å². The molecule has 5 nitrogen and oxygen atoms in total. The number of rotatable bonds is 6. The Kier molecular flexibility index (Phi) is 5.33. The summed E-state index contributed by atoms with van der Waals surface area (Å²) in [5, 5.41) is 2.95. The molecule has 1 aromatic heterocycles. The van der Waals surface area contributed by atoms with Gasteiger partial charge in [-0.1, -0.05) is 17.7 Å². The van der Waals surface area contributed by atoms with Gasteiger partial charge in [-0.2, -0.15) is 0 Å². The molecule has 0 bridgehead atoms. The van der Waals surface area contributed by atoms with E-state index in [0.29, 0.717) is 6.61 Å². The van der Waals surface area contributed by atoms with E-state index in [-0.39, 0.29) is 18.6 Å². The predicted molar refractivity (Wildman–Crippen MR) is 86.8 cm³/mol. The minimum absolute atomic E-state index is 0.0742. The van der Waals surface area contributed by atoms with Gasteiger partial charge >= 0.3 is 0 Å². The first-order chi connectivity index (χ1) is 10.5. The Morgan fingerprint density at radius 3 is 2.86 bits per heavy atom. The second kappa shape index (κ2) is 7.22. The lowest BCUT2D eigenvalue weighted by Gasteiger charge is -2.14. The van der Waals surface area contributed by atoms with E-state index >= 15 is 0 Å². The summed E-state index contributed by atoms with van der Waals surface area (Å²) >= 11 is 0. The molecule has 0 saturated carbocycles. The molecule has 118 valence electrons.